The minimum Gasteiger partial charge on any atom is -0.466 e. The van der Waals surface area contributed by atoms with E-state index in [9.17, 15) is 9.90 Å². The molecule has 4 nitrogen and oxygen atoms in total. The quantitative estimate of drug-likeness (QED) is 0.748. The van der Waals surface area contributed by atoms with Crippen molar-refractivity contribution < 1.29 is 14.3 Å². The Labute approximate surface area is 141 Å². The molecule has 0 aliphatic heterocycles. The molecule has 0 saturated carbocycles. The molecule has 1 atom stereocenters. The predicted octanol–water partition coefficient (Wildman–Crippen LogP) is 3.90. The lowest BCUT2D eigenvalue weighted by Gasteiger charge is -2.14. The van der Waals surface area contributed by atoms with E-state index in [0.717, 1.165) is 16.3 Å². The van der Waals surface area contributed by atoms with Crippen molar-refractivity contribution in [3.63, 3.8) is 0 Å². The summed E-state index contributed by atoms with van der Waals surface area (Å²) < 4.78 is 5.37. The summed E-state index contributed by atoms with van der Waals surface area (Å²) in [6, 6.07) is 15.6. The Bertz CT molecular complexity index is 861. The van der Waals surface area contributed by atoms with Crippen molar-refractivity contribution in [2.75, 3.05) is 6.54 Å². The van der Waals surface area contributed by atoms with Crippen LogP contribution in [0.5, 0.6) is 0 Å². The summed E-state index contributed by atoms with van der Waals surface area (Å²) in [5.74, 6) is 1.16. The summed E-state index contributed by atoms with van der Waals surface area (Å²) in [6.07, 6.45) is -0.168. The van der Waals surface area contributed by atoms with Gasteiger partial charge in [-0.05, 0) is 42.7 Å². The number of rotatable bonds is 5. The molecule has 0 saturated heterocycles. The van der Waals surface area contributed by atoms with Gasteiger partial charge in [0, 0.05) is 6.54 Å². The summed E-state index contributed by atoms with van der Waals surface area (Å²) in [5, 5.41) is 15.5. The van der Waals surface area contributed by atoms with Gasteiger partial charge >= 0.3 is 0 Å². The fourth-order valence-electron chi connectivity index (χ4n) is 2.97. The monoisotopic (exact) mass is 323 g/mol. The van der Waals surface area contributed by atoms with Gasteiger partial charge in [0.25, 0.3) is 5.91 Å². The summed E-state index contributed by atoms with van der Waals surface area (Å²) in [6.45, 7) is 3.98. The maximum absolute atomic E-state index is 12.2. The molecule has 0 aliphatic carbocycles. The summed E-state index contributed by atoms with van der Waals surface area (Å²) in [5.41, 5.74) is 1.44. The highest BCUT2D eigenvalue weighted by molar-refractivity contribution is 5.95. The molecule has 0 fully saturated rings. The number of fused-ring (bicyclic) bond motifs is 1. The highest BCUT2D eigenvalue weighted by atomic mass is 16.3. The molecule has 1 heterocycles. The second kappa shape index (κ2) is 6.89. The van der Waals surface area contributed by atoms with Gasteiger partial charge in [0.15, 0.2) is 0 Å². The molecule has 0 spiro atoms. The number of nitrogens with one attached hydrogen (secondary N) is 1. The van der Waals surface area contributed by atoms with Gasteiger partial charge in [-0.1, -0.05) is 42.5 Å². The van der Waals surface area contributed by atoms with E-state index in [-0.39, 0.29) is 5.91 Å². The summed E-state index contributed by atoms with van der Waals surface area (Å²) in [7, 11) is 0. The first-order chi connectivity index (χ1) is 11.6. The molecule has 0 aliphatic rings. The molecule has 3 aromatic rings. The lowest BCUT2D eigenvalue weighted by molar-refractivity contribution is 0.0941. The Morgan fingerprint density at radius 3 is 2.67 bits per heavy atom. The number of amides is 1. The van der Waals surface area contributed by atoms with E-state index >= 15 is 0 Å². The summed E-state index contributed by atoms with van der Waals surface area (Å²) >= 11 is 0. The number of furan rings is 1. The highest BCUT2D eigenvalue weighted by Crippen LogP contribution is 2.25. The number of hydrogen-bond donors (Lipinski definition) is 2. The smallest absolute Gasteiger partial charge is 0.254 e. The topological polar surface area (TPSA) is 62.5 Å². The summed E-state index contributed by atoms with van der Waals surface area (Å²) in [4.78, 5) is 12.2. The molecule has 124 valence electrons. The van der Waals surface area contributed by atoms with Crippen LogP contribution in [0.3, 0.4) is 0 Å². The van der Waals surface area contributed by atoms with Crippen LogP contribution in [0.25, 0.3) is 10.8 Å². The van der Waals surface area contributed by atoms with Gasteiger partial charge in [-0.15, -0.1) is 0 Å². The lowest BCUT2D eigenvalue weighted by Crippen LogP contribution is -2.25. The van der Waals surface area contributed by atoms with Gasteiger partial charge in [0.05, 0.1) is 11.7 Å². The number of benzene rings is 2. The number of aliphatic hydroxyl groups excluding tert-OH is 1. The zero-order chi connectivity index (χ0) is 17.1. The van der Waals surface area contributed by atoms with Crippen LogP contribution in [-0.4, -0.2) is 17.6 Å². The van der Waals surface area contributed by atoms with E-state index in [1.165, 1.54) is 0 Å². The van der Waals surface area contributed by atoms with Crippen molar-refractivity contribution >= 4 is 16.7 Å². The van der Waals surface area contributed by atoms with E-state index in [4.69, 9.17) is 4.42 Å². The molecule has 0 radical (unpaired) electrons. The van der Waals surface area contributed by atoms with Gasteiger partial charge in [-0.2, -0.15) is 0 Å². The van der Waals surface area contributed by atoms with Crippen molar-refractivity contribution in [1.29, 1.82) is 0 Å². The third-order valence-electron chi connectivity index (χ3n) is 4.17. The molecule has 1 amide bonds. The van der Waals surface area contributed by atoms with Crippen molar-refractivity contribution in [1.82, 2.24) is 5.32 Å². The van der Waals surface area contributed by atoms with Crippen molar-refractivity contribution in [2.45, 2.75) is 26.4 Å². The van der Waals surface area contributed by atoms with Crippen LogP contribution in [-0.2, 0) is 0 Å². The van der Waals surface area contributed by atoms with E-state index in [0.29, 0.717) is 30.0 Å². The predicted molar refractivity (Wildman–Crippen MR) is 94.0 cm³/mol. The van der Waals surface area contributed by atoms with E-state index in [2.05, 4.69) is 5.32 Å². The molecule has 24 heavy (non-hydrogen) atoms. The highest BCUT2D eigenvalue weighted by Gasteiger charge is 2.15. The van der Waals surface area contributed by atoms with Crippen LogP contribution in [0, 0.1) is 13.8 Å². The van der Waals surface area contributed by atoms with Gasteiger partial charge in [0.2, 0.25) is 0 Å². The first kappa shape index (κ1) is 16.3. The SMILES string of the molecule is Cc1cc(C(=O)NCCC(O)c2cccc3ccccc23)c(C)o1. The number of carbonyl (C=O) groups is 1. The van der Waals surface area contributed by atoms with E-state index < -0.39 is 6.10 Å². The van der Waals surface area contributed by atoms with Crippen LogP contribution in [0.1, 0.15) is 40.0 Å². The largest absolute Gasteiger partial charge is 0.466 e. The fourth-order valence-corrected chi connectivity index (χ4v) is 2.97. The van der Waals surface area contributed by atoms with Crippen molar-refractivity contribution in [2.24, 2.45) is 0 Å². The standard InChI is InChI=1S/C20H21NO3/c1-13-12-18(14(2)24-13)20(23)21-11-10-19(22)17-9-5-7-15-6-3-4-8-16(15)17/h3-9,12,19,22H,10-11H2,1-2H3,(H,21,23). The zero-order valence-corrected chi connectivity index (χ0v) is 13.9. The minimum atomic E-state index is -0.622. The molecular formula is C20H21NO3. The maximum Gasteiger partial charge on any atom is 0.254 e. The number of carbonyl (C=O) groups excluding carboxylic acids is 1. The Morgan fingerprint density at radius 2 is 1.92 bits per heavy atom. The molecule has 4 heteroatoms. The van der Waals surface area contributed by atoms with Gasteiger partial charge in [0.1, 0.15) is 11.5 Å². The number of aryl methyl sites for hydroxylation is 2. The number of hydrogen-bond acceptors (Lipinski definition) is 3. The van der Waals surface area contributed by atoms with Crippen molar-refractivity contribution in [3.8, 4) is 0 Å². The molecule has 1 aromatic heterocycles. The van der Waals surface area contributed by atoms with Crippen LogP contribution in [0.15, 0.2) is 52.9 Å². The maximum atomic E-state index is 12.2. The van der Waals surface area contributed by atoms with Crippen LogP contribution < -0.4 is 5.32 Å². The van der Waals surface area contributed by atoms with Crippen LogP contribution in [0.4, 0.5) is 0 Å². The average molecular weight is 323 g/mol. The van der Waals surface area contributed by atoms with E-state index in [1.54, 1.807) is 13.0 Å². The molecular weight excluding hydrogens is 302 g/mol. The Hall–Kier alpha value is -2.59. The van der Waals surface area contributed by atoms with Gasteiger partial charge in [-0.25, -0.2) is 0 Å². The second-order valence-electron chi connectivity index (χ2n) is 5.96. The third kappa shape index (κ3) is 3.34. The lowest BCUT2D eigenvalue weighted by atomic mass is 9.99. The van der Waals surface area contributed by atoms with Crippen LogP contribution >= 0.6 is 0 Å². The molecule has 1 unspecified atom stereocenters. The first-order valence-corrected chi connectivity index (χ1v) is 8.07. The Kier molecular flexibility index (Phi) is 4.67. The normalized spacial score (nSPS) is 12.3. The molecule has 0 bridgehead atoms. The van der Waals surface area contributed by atoms with E-state index in [1.807, 2.05) is 49.4 Å². The molecule has 2 aromatic carbocycles. The van der Waals surface area contributed by atoms with Crippen LogP contribution in [0.2, 0.25) is 0 Å². The van der Waals surface area contributed by atoms with Gasteiger partial charge < -0.3 is 14.8 Å². The number of aliphatic hydroxyl groups is 1. The van der Waals surface area contributed by atoms with Crippen molar-refractivity contribution in [3.05, 3.63) is 71.2 Å². The molecule has 2 N–H and O–H groups in total. The first-order valence-electron chi connectivity index (χ1n) is 8.07. The average Bonchev–Trinajstić information content (AvgIpc) is 2.92. The second-order valence-corrected chi connectivity index (χ2v) is 5.96. The van der Waals surface area contributed by atoms with Gasteiger partial charge in [-0.3, -0.25) is 4.79 Å². The Morgan fingerprint density at radius 1 is 1.17 bits per heavy atom. The Balaban J connectivity index is 1.64. The zero-order valence-electron chi connectivity index (χ0n) is 13.9. The minimum absolute atomic E-state index is 0.172. The fraction of sp³-hybridized carbons (Fsp3) is 0.250. The third-order valence-corrected chi connectivity index (χ3v) is 4.17. The molecule has 3 rings (SSSR count).